The van der Waals surface area contributed by atoms with E-state index in [1.165, 1.54) is 0 Å². The number of halogens is 3. The van der Waals surface area contributed by atoms with E-state index in [0.717, 1.165) is 0 Å². The van der Waals surface area contributed by atoms with Crippen molar-refractivity contribution in [2.45, 2.75) is 19.0 Å². The Morgan fingerprint density at radius 3 is 2.26 bits per heavy atom. The minimum atomic E-state index is -4.69. The van der Waals surface area contributed by atoms with Crippen LogP contribution in [0.15, 0.2) is 0 Å². The number of alkyl halides is 3. The number of nitrogens with one attached hydrogen (secondary N) is 1. The Labute approximate surface area is 106 Å². The van der Waals surface area contributed by atoms with E-state index in [2.05, 4.69) is 5.32 Å². The van der Waals surface area contributed by atoms with E-state index in [-0.39, 0.29) is 24.3 Å². The van der Waals surface area contributed by atoms with Crippen LogP contribution < -0.4 is 11.1 Å². The molecule has 4 N–H and O–H groups in total. The molecule has 3 amide bonds. The number of carboxylic acid groups (broad SMARTS) is 1. The average Bonchev–Trinajstić information content (AvgIpc) is 2.20. The Hall–Kier alpha value is -2.00. The van der Waals surface area contributed by atoms with Gasteiger partial charge in [-0.2, -0.15) is 13.2 Å². The van der Waals surface area contributed by atoms with Gasteiger partial charge in [-0.25, -0.2) is 4.79 Å². The minimum absolute atomic E-state index is 0.0293. The van der Waals surface area contributed by atoms with Gasteiger partial charge in [0.15, 0.2) is 0 Å². The fraction of sp³-hybridized carbons (Fsp3) is 0.667. The summed E-state index contributed by atoms with van der Waals surface area (Å²) in [6, 6.07) is -1.16. The minimum Gasteiger partial charge on any atom is -0.480 e. The lowest BCUT2D eigenvalue weighted by Crippen LogP contribution is -2.47. The van der Waals surface area contributed by atoms with E-state index in [9.17, 15) is 27.6 Å². The number of nitrogens with zero attached hydrogens (tertiary/aromatic N) is 1. The van der Waals surface area contributed by atoms with Gasteiger partial charge in [0.05, 0.1) is 0 Å². The molecular weight excluding hydrogens is 271 g/mol. The fourth-order valence-electron chi connectivity index (χ4n) is 1.15. The van der Waals surface area contributed by atoms with Crippen molar-refractivity contribution < 1.29 is 32.7 Å². The zero-order chi connectivity index (χ0) is 15.1. The van der Waals surface area contributed by atoms with Gasteiger partial charge in [0.25, 0.3) is 0 Å². The maximum absolute atomic E-state index is 12.1. The van der Waals surface area contributed by atoms with Crippen LogP contribution in [0.5, 0.6) is 0 Å². The summed E-state index contributed by atoms with van der Waals surface area (Å²) < 4.78 is 36.4. The van der Waals surface area contributed by atoms with Gasteiger partial charge in [0.1, 0.15) is 13.1 Å². The Bertz CT molecular complexity index is 346. The number of nitrogens with two attached hydrogens (primary N) is 1. The maximum Gasteiger partial charge on any atom is 0.406 e. The summed E-state index contributed by atoms with van der Waals surface area (Å²) in [7, 11) is 0. The normalized spacial score (nSPS) is 10.9. The number of urea groups is 1. The highest BCUT2D eigenvalue weighted by molar-refractivity contribution is 5.80. The molecule has 0 saturated carbocycles. The molecule has 0 aliphatic heterocycles. The van der Waals surface area contributed by atoms with E-state index in [1.807, 2.05) is 0 Å². The summed E-state index contributed by atoms with van der Waals surface area (Å²) in [6.07, 6.45) is -4.56. The fourth-order valence-corrected chi connectivity index (χ4v) is 1.15. The van der Waals surface area contributed by atoms with Crippen molar-refractivity contribution >= 4 is 17.9 Å². The first kappa shape index (κ1) is 17.0. The van der Waals surface area contributed by atoms with Gasteiger partial charge in [-0.1, -0.05) is 0 Å². The van der Waals surface area contributed by atoms with Gasteiger partial charge in [0.2, 0.25) is 5.91 Å². The van der Waals surface area contributed by atoms with Crippen LogP contribution >= 0.6 is 0 Å². The molecule has 0 fully saturated rings. The molecule has 0 aromatic heterocycles. The zero-order valence-electron chi connectivity index (χ0n) is 9.87. The predicted octanol–water partition coefficient (Wildman–Crippen LogP) is -0.0896. The van der Waals surface area contributed by atoms with Crippen LogP contribution in [0.2, 0.25) is 0 Å². The molecule has 0 rings (SSSR count). The number of carbonyl (C=O) groups is 3. The van der Waals surface area contributed by atoms with Gasteiger partial charge in [-0.15, -0.1) is 0 Å². The van der Waals surface area contributed by atoms with Crippen LogP contribution in [-0.2, 0) is 9.59 Å². The topological polar surface area (TPSA) is 113 Å². The van der Waals surface area contributed by atoms with E-state index in [1.54, 1.807) is 0 Å². The number of carboxylic acids is 1. The first-order valence-electron chi connectivity index (χ1n) is 5.21. The Kier molecular flexibility index (Phi) is 6.66. The number of hydrogen-bond donors (Lipinski definition) is 3. The molecule has 0 unspecified atom stereocenters. The van der Waals surface area contributed by atoms with Crippen LogP contribution in [0, 0.1) is 0 Å². The van der Waals surface area contributed by atoms with Gasteiger partial charge >= 0.3 is 18.2 Å². The number of primary amides is 1. The Morgan fingerprint density at radius 2 is 1.84 bits per heavy atom. The summed E-state index contributed by atoms with van der Waals surface area (Å²) in [5, 5.41) is 10.5. The predicted molar refractivity (Wildman–Crippen MR) is 57.1 cm³/mol. The molecular formula is C9H14F3N3O4. The van der Waals surface area contributed by atoms with Crippen LogP contribution in [0.1, 0.15) is 12.8 Å². The Balaban J connectivity index is 4.30. The quantitative estimate of drug-likeness (QED) is 0.567. The second-order valence-electron chi connectivity index (χ2n) is 3.67. The van der Waals surface area contributed by atoms with E-state index >= 15 is 0 Å². The third kappa shape index (κ3) is 9.68. The van der Waals surface area contributed by atoms with Gasteiger partial charge < -0.3 is 21.1 Å². The number of amides is 3. The molecule has 0 aliphatic rings. The molecule has 0 bridgehead atoms. The zero-order valence-corrected chi connectivity index (χ0v) is 9.87. The highest BCUT2D eigenvalue weighted by Crippen LogP contribution is 2.16. The summed E-state index contributed by atoms with van der Waals surface area (Å²) in [5.74, 6) is -2.16. The standard InChI is InChI=1S/C9H14F3N3O4/c10-9(11,12)5-15(4-7(17)18)8(19)14-3-1-2-6(13)16/h1-5H2,(H2,13,16)(H,14,19)(H,17,18). The average molecular weight is 285 g/mol. The molecule has 110 valence electrons. The number of carbonyl (C=O) groups excluding carboxylic acids is 2. The van der Waals surface area contributed by atoms with Crippen molar-refractivity contribution in [1.82, 2.24) is 10.2 Å². The summed E-state index contributed by atoms with van der Waals surface area (Å²) >= 11 is 0. The second-order valence-corrected chi connectivity index (χ2v) is 3.67. The highest BCUT2D eigenvalue weighted by atomic mass is 19.4. The largest absolute Gasteiger partial charge is 0.480 e. The molecule has 10 heteroatoms. The third-order valence-electron chi connectivity index (χ3n) is 1.86. The van der Waals surface area contributed by atoms with Crippen molar-refractivity contribution in [3.05, 3.63) is 0 Å². The van der Waals surface area contributed by atoms with Gasteiger partial charge in [-0.3, -0.25) is 9.59 Å². The van der Waals surface area contributed by atoms with Crippen molar-refractivity contribution in [2.24, 2.45) is 5.73 Å². The van der Waals surface area contributed by atoms with Crippen molar-refractivity contribution in [3.8, 4) is 0 Å². The first-order chi connectivity index (χ1) is 8.61. The van der Waals surface area contributed by atoms with Gasteiger partial charge in [0, 0.05) is 13.0 Å². The van der Waals surface area contributed by atoms with E-state index in [4.69, 9.17) is 10.8 Å². The molecule has 0 spiro atoms. The second kappa shape index (κ2) is 7.44. The molecule has 0 atom stereocenters. The molecule has 0 saturated heterocycles. The lowest BCUT2D eigenvalue weighted by atomic mass is 10.3. The first-order valence-corrected chi connectivity index (χ1v) is 5.21. The van der Waals surface area contributed by atoms with Crippen molar-refractivity contribution in [3.63, 3.8) is 0 Å². The molecule has 0 aliphatic carbocycles. The van der Waals surface area contributed by atoms with E-state index < -0.39 is 37.2 Å². The number of hydrogen-bond acceptors (Lipinski definition) is 3. The van der Waals surface area contributed by atoms with E-state index in [0.29, 0.717) is 0 Å². The number of aliphatic carboxylic acids is 1. The highest BCUT2D eigenvalue weighted by Gasteiger charge is 2.33. The summed E-state index contributed by atoms with van der Waals surface area (Å²) in [4.78, 5) is 32.2. The summed E-state index contributed by atoms with van der Waals surface area (Å²) in [5.41, 5.74) is 4.83. The molecule has 7 nitrogen and oxygen atoms in total. The SMILES string of the molecule is NC(=O)CCCNC(=O)N(CC(=O)O)CC(F)(F)F. The molecule has 0 heterocycles. The van der Waals surface area contributed by atoms with Crippen molar-refractivity contribution in [1.29, 1.82) is 0 Å². The molecule has 0 aromatic carbocycles. The van der Waals surface area contributed by atoms with Crippen LogP contribution in [0.4, 0.5) is 18.0 Å². The van der Waals surface area contributed by atoms with Crippen LogP contribution in [-0.4, -0.2) is 53.7 Å². The lowest BCUT2D eigenvalue weighted by Gasteiger charge is -2.22. The van der Waals surface area contributed by atoms with Crippen molar-refractivity contribution in [2.75, 3.05) is 19.6 Å². The molecule has 19 heavy (non-hydrogen) atoms. The monoisotopic (exact) mass is 285 g/mol. The third-order valence-corrected chi connectivity index (χ3v) is 1.86. The number of rotatable bonds is 7. The Morgan fingerprint density at radius 1 is 1.26 bits per heavy atom. The lowest BCUT2D eigenvalue weighted by molar-refractivity contribution is -0.149. The molecule has 0 radical (unpaired) electrons. The molecule has 0 aromatic rings. The van der Waals surface area contributed by atoms with Crippen LogP contribution in [0.25, 0.3) is 0 Å². The van der Waals surface area contributed by atoms with Crippen LogP contribution in [0.3, 0.4) is 0 Å². The van der Waals surface area contributed by atoms with Gasteiger partial charge in [-0.05, 0) is 6.42 Å². The maximum atomic E-state index is 12.1. The smallest absolute Gasteiger partial charge is 0.406 e. The summed E-state index contributed by atoms with van der Waals surface area (Å²) in [6.45, 7) is -2.81.